The van der Waals surface area contributed by atoms with E-state index in [1.165, 1.54) is 29.2 Å². The summed E-state index contributed by atoms with van der Waals surface area (Å²) in [5.41, 5.74) is 0.596. The fourth-order valence-corrected chi connectivity index (χ4v) is 2.66. The van der Waals surface area contributed by atoms with Crippen molar-refractivity contribution in [3.8, 4) is 11.5 Å². The number of aromatic nitrogens is 2. The highest BCUT2D eigenvalue weighted by atomic mass is 32.2. The quantitative estimate of drug-likeness (QED) is 0.719. The second-order valence-corrected chi connectivity index (χ2v) is 5.96. The smallest absolute Gasteiger partial charge is 0.277 e. The third kappa shape index (κ3) is 5.56. The third-order valence-corrected chi connectivity index (χ3v) is 4.06. The van der Waals surface area contributed by atoms with Crippen LogP contribution in [0.3, 0.4) is 0 Å². The van der Waals surface area contributed by atoms with Crippen molar-refractivity contribution in [3.05, 3.63) is 30.1 Å². The van der Waals surface area contributed by atoms with Crippen LogP contribution in [0.2, 0.25) is 0 Å². The minimum Gasteiger partial charge on any atom is -0.411 e. The lowest BCUT2D eigenvalue weighted by molar-refractivity contribution is -0.133. The van der Waals surface area contributed by atoms with Crippen molar-refractivity contribution in [1.29, 1.82) is 0 Å². The van der Waals surface area contributed by atoms with Gasteiger partial charge in [0.05, 0.1) is 12.3 Å². The largest absolute Gasteiger partial charge is 0.411 e. The summed E-state index contributed by atoms with van der Waals surface area (Å²) in [5.74, 6) is -0.405. The van der Waals surface area contributed by atoms with Gasteiger partial charge < -0.3 is 14.6 Å². The number of benzene rings is 1. The highest BCUT2D eigenvalue weighted by Gasteiger charge is 2.17. The Kier molecular flexibility index (Phi) is 6.93. The van der Waals surface area contributed by atoms with E-state index in [1.807, 2.05) is 6.92 Å². The molecule has 0 aliphatic heterocycles. The molecule has 1 N–H and O–H groups in total. The summed E-state index contributed by atoms with van der Waals surface area (Å²) in [7, 11) is 0. The van der Waals surface area contributed by atoms with Gasteiger partial charge in [0.2, 0.25) is 17.7 Å². The zero-order valence-corrected chi connectivity index (χ0v) is 14.8. The maximum atomic E-state index is 12.9. The Hall–Kier alpha value is -2.42. The molecule has 25 heavy (non-hydrogen) atoms. The van der Waals surface area contributed by atoms with Gasteiger partial charge in [0, 0.05) is 18.7 Å². The van der Waals surface area contributed by atoms with Crippen molar-refractivity contribution >= 4 is 23.6 Å². The van der Waals surface area contributed by atoms with Crippen molar-refractivity contribution in [2.24, 2.45) is 0 Å². The molecule has 0 radical (unpaired) electrons. The number of hydrogen-bond acceptors (Lipinski definition) is 6. The number of likely N-dealkylation sites (N-methyl/N-ethyl adjacent to an activating group) is 2. The molecule has 0 aliphatic rings. The van der Waals surface area contributed by atoms with Gasteiger partial charge in [-0.1, -0.05) is 11.8 Å². The Morgan fingerprint density at radius 3 is 2.60 bits per heavy atom. The van der Waals surface area contributed by atoms with Crippen LogP contribution < -0.4 is 5.32 Å². The standard InChI is InChI=1S/C16H19FN4O3S/c1-3-18-13(22)9-21(4-2)14(23)10-25-16-20-19-15(24-16)11-5-7-12(17)8-6-11/h5-8H,3-4,9-10H2,1-2H3,(H,18,22). The summed E-state index contributed by atoms with van der Waals surface area (Å²) < 4.78 is 18.4. The molecule has 0 saturated carbocycles. The first-order valence-electron chi connectivity index (χ1n) is 7.80. The molecule has 0 spiro atoms. The molecule has 0 atom stereocenters. The Bertz CT molecular complexity index is 720. The summed E-state index contributed by atoms with van der Waals surface area (Å²) in [4.78, 5) is 25.2. The number of nitrogens with one attached hydrogen (secondary N) is 1. The topological polar surface area (TPSA) is 88.3 Å². The predicted octanol–water partition coefficient (Wildman–Crippen LogP) is 1.95. The number of hydrogen-bond donors (Lipinski definition) is 1. The van der Waals surface area contributed by atoms with Gasteiger partial charge in [-0.3, -0.25) is 9.59 Å². The van der Waals surface area contributed by atoms with E-state index in [0.29, 0.717) is 18.7 Å². The average molecular weight is 366 g/mol. The molecule has 1 heterocycles. The Labute approximate surface area is 149 Å². The molecule has 2 rings (SSSR count). The summed E-state index contributed by atoms with van der Waals surface area (Å²) in [6.45, 7) is 4.60. The van der Waals surface area contributed by atoms with E-state index in [2.05, 4.69) is 15.5 Å². The van der Waals surface area contributed by atoms with Gasteiger partial charge in [0.15, 0.2) is 0 Å². The van der Waals surface area contributed by atoms with Crippen molar-refractivity contribution < 1.29 is 18.4 Å². The Balaban J connectivity index is 1.91. The number of thioether (sulfide) groups is 1. The lowest BCUT2D eigenvalue weighted by Gasteiger charge is -2.19. The van der Waals surface area contributed by atoms with Gasteiger partial charge in [0.1, 0.15) is 5.82 Å². The SMILES string of the molecule is CCNC(=O)CN(CC)C(=O)CSc1nnc(-c2ccc(F)cc2)o1. The van der Waals surface area contributed by atoms with E-state index in [1.54, 1.807) is 6.92 Å². The molecule has 0 aliphatic carbocycles. The molecule has 7 nitrogen and oxygen atoms in total. The summed E-state index contributed by atoms with van der Waals surface area (Å²) in [6, 6.07) is 5.67. The fraction of sp³-hybridized carbons (Fsp3) is 0.375. The van der Waals surface area contributed by atoms with E-state index >= 15 is 0 Å². The minimum atomic E-state index is -0.352. The molecule has 0 fully saturated rings. The Morgan fingerprint density at radius 2 is 1.96 bits per heavy atom. The van der Waals surface area contributed by atoms with E-state index in [9.17, 15) is 14.0 Å². The van der Waals surface area contributed by atoms with Crippen molar-refractivity contribution in [1.82, 2.24) is 20.4 Å². The molecule has 2 amide bonds. The maximum absolute atomic E-state index is 12.9. The molecular formula is C16H19FN4O3S. The molecule has 0 unspecified atom stereocenters. The number of amides is 2. The van der Waals surface area contributed by atoms with Crippen LogP contribution in [-0.2, 0) is 9.59 Å². The second kappa shape index (κ2) is 9.16. The monoisotopic (exact) mass is 366 g/mol. The highest BCUT2D eigenvalue weighted by Crippen LogP contribution is 2.23. The first-order valence-corrected chi connectivity index (χ1v) is 8.78. The number of halogens is 1. The Morgan fingerprint density at radius 1 is 1.24 bits per heavy atom. The van der Waals surface area contributed by atoms with E-state index < -0.39 is 0 Å². The number of carbonyl (C=O) groups is 2. The fourth-order valence-electron chi connectivity index (χ4n) is 1.99. The van der Waals surface area contributed by atoms with Crippen LogP contribution in [0.4, 0.5) is 4.39 Å². The van der Waals surface area contributed by atoms with Crippen LogP contribution in [0.25, 0.3) is 11.5 Å². The zero-order chi connectivity index (χ0) is 18.2. The van der Waals surface area contributed by atoms with Gasteiger partial charge in [0.25, 0.3) is 5.22 Å². The van der Waals surface area contributed by atoms with Crippen molar-refractivity contribution in [2.75, 3.05) is 25.4 Å². The molecule has 0 saturated heterocycles. The van der Waals surface area contributed by atoms with E-state index in [0.717, 1.165) is 11.8 Å². The van der Waals surface area contributed by atoms with Gasteiger partial charge in [-0.25, -0.2) is 4.39 Å². The van der Waals surface area contributed by atoms with E-state index in [-0.39, 0.29) is 41.0 Å². The first-order chi connectivity index (χ1) is 12.0. The van der Waals surface area contributed by atoms with Crippen LogP contribution in [0, 0.1) is 5.82 Å². The van der Waals surface area contributed by atoms with Gasteiger partial charge in [-0.15, -0.1) is 10.2 Å². The summed E-state index contributed by atoms with van der Waals surface area (Å²) in [6.07, 6.45) is 0. The third-order valence-electron chi connectivity index (χ3n) is 3.26. The van der Waals surface area contributed by atoms with Crippen LogP contribution in [0.15, 0.2) is 33.9 Å². The molecule has 1 aromatic heterocycles. The second-order valence-electron chi connectivity index (χ2n) is 5.03. The molecule has 134 valence electrons. The van der Waals surface area contributed by atoms with Crippen molar-refractivity contribution in [2.45, 2.75) is 19.1 Å². The molecule has 0 bridgehead atoms. The predicted molar refractivity (Wildman–Crippen MR) is 91.4 cm³/mol. The maximum Gasteiger partial charge on any atom is 0.277 e. The van der Waals surface area contributed by atoms with E-state index in [4.69, 9.17) is 4.42 Å². The van der Waals surface area contributed by atoms with Crippen molar-refractivity contribution in [3.63, 3.8) is 0 Å². The van der Waals surface area contributed by atoms with Crippen LogP contribution in [-0.4, -0.2) is 52.3 Å². The van der Waals surface area contributed by atoms with Crippen LogP contribution >= 0.6 is 11.8 Å². The average Bonchev–Trinajstić information content (AvgIpc) is 3.07. The van der Waals surface area contributed by atoms with Gasteiger partial charge >= 0.3 is 0 Å². The normalized spacial score (nSPS) is 10.5. The lowest BCUT2D eigenvalue weighted by atomic mass is 10.2. The molecular weight excluding hydrogens is 347 g/mol. The zero-order valence-electron chi connectivity index (χ0n) is 14.0. The number of rotatable bonds is 8. The number of carbonyl (C=O) groups excluding carboxylic acids is 2. The van der Waals surface area contributed by atoms with Crippen LogP contribution in [0.5, 0.6) is 0 Å². The van der Waals surface area contributed by atoms with Crippen LogP contribution in [0.1, 0.15) is 13.8 Å². The highest BCUT2D eigenvalue weighted by molar-refractivity contribution is 7.99. The molecule has 1 aromatic carbocycles. The number of nitrogens with zero attached hydrogens (tertiary/aromatic N) is 3. The minimum absolute atomic E-state index is 0.0222. The molecule has 2 aromatic rings. The van der Waals surface area contributed by atoms with Gasteiger partial charge in [-0.2, -0.15) is 0 Å². The van der Waals surface area contributed by atoms with Gasteiger partial charge in [-0.05, 0) is 38.1 Å². The molecule has 9 heteroatoms. The first kappa shape index (κ1) is 18.9. The summed E-state index contributed by atoms with van der Waals surface area (Å²) >= 11 is 1.09. The summed E-state index contributed by atoms with van der Waals surface area (Å²) in [5, 5.41) is 10.6. The lowest BCUT2D eigenvalue weighted by Crippen LogP contribution is -2.41.